The van der Waals surface area contributed by atoms with Crippen molar-refractivity contribution in [2.24, 2.45) is 11.5 Å². The second kappa shape index (κ2) is 6.60. The van der Waals surface area contributed by atoms with Crippen molar-refractivity contribution >= 4 is 0 Å². The SMILES string of the molecule is CN.CNC(N)c1ccc(C)cc1. The number of nitrogens with two attached hydrogens (primary N) is 2. The second-order valence-corrected chi connectivity index (χ2v) is 2.68. The van der Waals surface area contributed by atoms with Crippen LogP contribution in [0.5, 0.6) is 0 Å². The summed E-state index contributed by atoms with van der Waals surface area (Å²) in [6.45, 7) is 2.06. The minimum Gasteiger partial charge on any atom is -0.333 e. The Morgan fingerprint density at radius 3 is 2.00 bits per heavy atom. The third-order valence-corrected chi connectivity index (χ3v) is 1.75. The summed E-state index contributed by atoms with van der Waals surface area (Å²) in [4.78, 5) is 0. The van der Waals surface area contributed by atoms with E-state index in [4.69, 9.17) is 5.73 Å². The molecular formula is C10H19N3. The van der Waals surface area contributed by atoms with Gasteiger partial charge in [0.1, 0.15) is 0 Å². The normalized spacial score (nSPS) is 11.5. The highest BCUT2D eigenvalue weighted by Gasteiger charge is 1.99. The lowest BCUT2D eigenvalue weighted by atomic mass is 10.1. The van der Waals surface area contributed by atoms with Crippen molar-refractivity contribution in [2.75, 3.05) is 14.1 Å². The van der Waals surface area contributed by atoms with E-state index in [1.54, 1.807) is 0 Å². The maximum Gasteiger partial charge on any atom is 0.0807 e. The predicted molar refractivity (Wildman–Crippen MR) is 57.3 cm³/mol. The van der Waals surface area contributed by atoms with Gasteiger partial charge < -0.3 is 16.8 Å². The molecule has 3 nitrogen and oxygen atoms in total. The molecule has 0 aliphatic heterocycles. The maximum absolute atomic E-state index is 5.73. The monoisotopic (exact) mass is 181 g/mol. The van der Waals surface area contributed by atoms with Gasteiger partial charge in [-0.1, -0.05) is 29.8 Å². The molecule has 0 aliphatic carbocycles. The number of rotatable bonds is 2. The van der Waals surface area contributed by atoms with Gasteiger partial charge in [0.15, 0.2) is 0 Å². The minimum atomic E-state index is -0.0457. The molecule has 1 atom stereocenters. The summed E-state index contributed by atoms with van der Waals surface area (Å²) in [5.41, 5.74) is 12.6. The summed E-state index contributed by atoms with van der Waals surface area (Å²) in [6.07, 6.45) is -0.0457. The van der Waals surface area contributed by atoms with Crippen LogP contribution in [0.3, 0.4) is 0 Å². The summed E-state index contributed by atoms with van der Waals surface area (Å²) in [7, 11) is 3.35. The molecule has 0 saturated heterocycles. The quantitative estimate of drug-likeness (QED) is 0.590. The summed E-state index contributed by atoms with van der Waals surface area (Å²) in [5, 5.41) is 2.98. The zero-order chi connectivity index (χ0) is 10.3. The van der Waals surface area contributed by atoms with Gasteiger partial charge in [0, 0.05) is 0 Å². The number of benzene rings is 1. The molecule has 0 fully saturated rings. The third kappa shape index (κ3) is 4.03. The first-order valence-electron chi connectivity index (χ1n) is 4.31. The number of nitrogens with one attached hydrogen (secondary N) is 1. The van der Waals surface area contributed by atoms with Crippen LogP contribution in [0.2, 0.25) is 0 Å². The van der Waals surface area contributed by atoms with Gasteiger partial charge in [0.05, 0.1) is 6.17 Å². The highest BCUT2D eigenvalue weighted by atomic mass is 15.0. The number of hydrogen-bond donors (Lipinski definition) is 3. The molecule has 0 saturated carbocycles. The highest BCUT2D eigenvalue weighted by molar-refractivity contribution is 5.23. The second-order valence-electron chi connectivity index (χ2n) is 2.68. The topological polar surface area (TPSA) is 64.1 Å². The van der Waals surface area contributed by atoms with Crippen molar-refractivity contribution in [3.8, 4) is 0 Å². The fourth-order valence-corrected chi connectivity index (χ4v) is 0.940. The van der Waals surface area contributed by atoms with Crippen LogP contribution in [-0.4, -0.2) is 14.1 Å². The van der Waals surface area contributed by atoms with Crippen molar-refractivity contribution in [1.29, 1.82) is 0 Å². The molecule has 0 spiro atoms. The van der Waals surface area contributed by atoms with E-state index in [-0.39, 0.29) is 6.17 Å². The molecule has 0 bridgehead atoms. The molecule has 1 aromatic rings. The fourth-order valence-electron chi connectivity index (χ4n) is 0.940. The van der Waals surface area contributed by atoms with E-state index in [0.717, 1.165) is 5.56 Å². The average molecular weight is 181 g/mol. The van der Waals surface area contributed by atoms with Crippen LogP contribution in [-0.2, 0) is 0 Å². The van der Waals surface area contributed by atoms with Crippen molar-refractivity contribution in [1.82, 2.24) is 5.32 Å². The van der Waals surface area contributed by atoms with E-state index in [1.807, 2.05) is 19.2 Å². The maximum atomic E-state index is 5.73. The molecule has 5 N–H and O–H groups in total. The predicted octanol–water partition coefficient (Wildman–Crippen LogP) is 0.747. The van der Waals surface area contributed by atoms with E-state index in [0.29, 0.717) is 0 Å². The van der Waals surface area contributed by atoms with E-state index in [2.05, 4.69) is 30.1 Å². The van der Waals surface area contributed by atoms with Crippen LogP contribution < -0.4 is 16.8 Å². The van der Waals surface area contributed by atoms with Crippen molar-refractivity contribution in [3.63, 3.8) is 0 Å². The van der Waals surface area contributed by atoms with Gasteiger partial charge in [-0.3, -0.25) is 0 Å². The lowest BCUT2D eigenvalue weighted by Gasteiger charge is -2.09. The Balaban J connectivity index is 0.000000671. The van der Waals surface area contributed by atoms with Gasteiger partial charge in [0.25, 0.3) is 0 Å². The van der Waals surface area contributed by atoms with Crippen molar-refractivity contribution in [2.45, 2.75) is 13.1 Å². The lowest BCUT2D eigenvalue weighted by molar-refractivity contribution is 0.622. The Kier molecular flexibility index (Phi) is 6.14. The minimum absolute atomic E-state index is 0.0457. The van der Waals surface area contributed by atoms with Crippen molar-refractivity contribution < 1.29 is 0 Å². The van der Waals surface area contributed by atoms with Crippen molar-refractivity contribution in [3.05, 3.63) is 35.4 Å². The first-order valence-corrected chi connectivity index (χ1v) is 4.31. The lowest BCUT2D eigenvalue weighted by Crippen LogP contribution is -2.24. The van der Waals surface area contributed by atoms with Crippen LogP contribution >= 0.6 is 0 Å². The molecule has 1 aromatic carbocycles. The largest absolute Gasteiger partial charge is 0.333 e. The summed E-state index contributed by atoms with van der Waals surface area (Å²) < 4.78 is 0. The summed E-state index contributed by atoms with van der Waals surface area (Å²) >= 11 is 0. The molecule has 3 heteroatoms. The van der Waals surface area contributed by atoms with E-state index >= 15 is 0 Å². The molecule has 0 heterocycles. The van der Waals surface area contributed by atoms with Gasteiger partial charge in [-0.05, 0) is 26.6 Å². The zero-order valence-corrected chi connectivity index (χ0v) is 8.54. The molecule has 0 radical (unpaired) electrons. The fraction of sp³-hybridized carbons (Fsp3) is 0.400. The Morgan fingerprint density at radius 2 is 1.62 bits per heavy atom. The Morgan fingerprint density at radius 1 is 1.15 bits per heavy atom. The van der Waals surface area contributed by atoms with Crippen LogP contribution in [0.15, 0.2) is 24.3 Å². The third-order valence-electron chi connectivity index (χ3n) is 1.75. The number of hydrogen-bond acceptors (Lipinski definition) is 3. The van der Waals surface area contributed by atoms with Crippen LogP contribution in [0.1, 0.15) is 17.3 Å². The molecule has 1 rings (SSSR count). The smallest absolute Gasteiger partial charge is 0.0807 e. The number of aryl methyl sites for hydroxylation is 1. The molecule has 13 heavy (non-hydrogen) atoms. The Bertz CT molecular complexity index is 218. The molecule has 0 aromatic heterocycles. The Labute approximate surface area is 80.1 Å². The molecule has 74 valence electrons. The van der Waals surface area contributed by atoms with Gasteiger partial charge in [-0.2, -0.15) is 0 Å². The standard InChI is InChI=1S/C9H14N2.CH5N/c1-7-3-5-8(6-4-7)9(10)11-2;1-2/h3-6,9,11H,10H2,1-2H3;2H2,1H3. The van der Waals surface area contributed by atoms with Gasteiger partial charge >= 0.3 is 0 Å². The average Bonchev–Trinajstić information content (AvgIpc) is 2.21. The van der Waals surface area contributed by atoms with E-state index in [9.17, 15) is 0 Å². The van der Waals surface area contributed by atoms with Gasteiger partial charge in [0.2, 0.25) is 0 Å². The molecular weight excluding hydrogens is 162 g/mol. The molecule has 0 amide bonds. The first kappa shape index (κ1) is 12.1. The summed E-state index contributed by atoms with van der Waals surface area (Å²) in [6, 6.07) is 8.20. The Hall–Kier alpha value is -0.900. The van der Waals surface area contributed by atoms with Crippen LogP contribution in [0.4, 0.5) is 0 Å². The molecule has 1 unspecified atom stereocenters. The van der Waals surface area contributed by atoms with Gasteiger partial charge in [-0.25, -0.2) is 0 Å². The molecule has 0 aliphatic rings. The van der Waals surface area contributed by atoms with E-state index < -0.39 is 0 Å². The van der Waals surface area contributed by atoms with Gasteiger partial charge in [-0.15, -0.1) is 0 Å². The van der Waals surface area contributed by atoms with E-state index in [1.165, 1.54) is 12.6 Å². The summed E-state index contributed by atoms with van der Waals surface area (Å²) in [5.74, 6) is 0. The van der Waals surface area contributed by atoms with Crippen LogP contribution in [0.25, 0.3) is 0 Å². The highest BCUT2D eigenvalue weighted by Crippen LogP contribution is 2.07. The first-order chi connectivity index (χ1) is 6.24. The zero-order valence-electron chi connectivity index (χ0n) is 8.54. The van der Waals surface area contributed by atoms with Crippen LogP contribution in [0, 0.1) is 6.92 Å².